The molecule has 4 atom stereocenters. The van der Waals surface area contributed by atoms with Crippen LogP contribution in [-0.2, 0) is 19.9 Å². The number of benzene rings is 1. The fourth-order valence-corrected chi connectivity index (χ4v) is 5.53. The van der Waals surface area contributed by atoms with Crippen molar-refractivity contribution in [2.24, 2.45) is 11.8 Å². The number of anilines is 1. The number of amides is 3. The molecule has 1 aromatic carbocycles. The Kier molecular flexibility index (Phi) is 5.18. The molecule has 2 saturated heterocycles. The van der Waals surface area contributed by atoms with Gasteiger partial charge < -0.3 is 5.32 Å². The number of likely N-dealkylation sites (tertiary alicyclic amines) is 1. The third-order valence-corrected chi connectivity index (χ3v) is 7.02. The molecule has 150 valence electrons. The first-order valence-corrected chi connectivity index (χ1v) is 11.5. The Labute approximate surface area is 173 Å². The van der Waals surface area contributed by atoms with Crippen molar-refractivity contribution in [3.63, 3.8) is 0 Å². The molecule has 2 N–H and O–H groups in total. The van der Waals surface area contributed by atoms with Crippen LogP contribution in [0, 0.1) is 11.8 Å². The summed E-state index contributed by atoms with van der Waals surface area (Å²) < 4.78 is 0. The number of unbranched alkanes of at least 4 members (excludes halogenated alkanes) is 1. The van der Waals surface area contributed by atoms with Crippen LogP contribution < -0.4 is 10.6 Å². The summed E-state index contributed by atoms with van der Waals surface area (Å²) in [7, 11) is 0. The molecule has 8 heteroatoms. The van der Waals surface area contributed by atoms with Crippen molar-refractivity contribution < 1.29 is 14.4 Å². The van der Waals surface area contributed by atoms with E-state index in [9.17, 15) is 14.4 Å². The summed E-state index contributed by atoms with van der Waals surface area (Å²) in [6, 6.07) is 4.98. The molecule has 3 aliphatic heterocycles. The largest absolute Gasteiger partial charge is 0.324 e. The van der Waals surface area contributed by atoms with Gasteiger partial charge in [-0.15, -0.1) is 0 Å². The number of nitrogens with one attached hydrogen (secondary N) is 2. The van der Waals surface area contributed by atoms with Gasteiger partial charge in [0.1, 0.15) is 5.54 Å². The van der Waals surface area contributed by atoms with Crippen molar-refractivity contribution >= 4 is 46.8 Å². The molecule has 2 fully saturated rings. The quantitative estimate of drug-likeness (QED) is 0.690. The van der Waals surface area contributed by atoms with Gasteiger partial charge in [-0.1, -0.05) is 24.9 Å². The van der Waals surface area contributed by atoms with Crippen LogP contribution in [0.2, 0.25) is 5.02 Å². The Morgan fingerprint density at radius 2 is 2.04 bits per heavy atom. The van der Waals surface area contributed by atoms with E-state index < -0.39 is 17.4 Å². The van der Waals surface area contributed by atoms with Gasteiger partial charge in [0, 0.05) is 28.9 Å². The van der Waals surface area contributed by atoms with Crippen molar-refractivity contribution in [1.82, 2.24) is 10.2 Å². The SMILES string of the molecule is CCCCN1C(=O)[C@H]2[C@@H](C1=O)[C@]1(N[C@@H]2CCSC)C(=O)Nc2ccc(Cl)cc21. The number of hydrogen-bond acceptors (Lipinski definition) is 5. The van der Waals surface area contributed by atoms with Crippen molar-refractivity contribution in [3.8, 4) is 0 Å². The smallest absolute Gasteiger partial charge is 0.250 e. The van der Waals surface area contributed by atoms with E-state index in [0.717, 1.165) is 18.6 Å². The summed E-state index contributed by atoms with van der Waals surface area (Å²) in [5.41, 5.74) is 0.0883. The van der Waals surface area contributed by atoms with E-state index in [4.69, 9.17) is 11.6 Å². The zero-order valence-electron chi connectivity index (χ0n) is 16.0. The molecule has 28 heavy (non-hydrogen) atoms. The van der Waals surface area contributed by atoms with Gasteiger partial charge in [-0.2, -0.15) is 11.8 Å². The summed E-state index contributed by atoms with van der Waals surface area (Å²) in [6.45, 7) is 2.44. The lowest BCUT2D eigenvalue weighted by Gasteiger charge is -2.29. The van der Waals surface area contributed by atoms with E-state index in [1.807, 2.05) is 13.2 Å². The van der Waals surface area contributed by atoms with Gasteiger partial charge in [0.05, 0.1) is 11.8 Å². The van der Waals surface area contributed by atoms with Gasteiger partial charge in [-0.25, -0.2) is 0 Å². The molecule has 4 rings (SSSR count). The predicted molar refractivity (Wildman–Crippen MR) is 110 cm³/mol. The number of halogens is 1. The number of fused-ring (bicyclic) bond motifs is 4. The van der Waals surface area contributed by atoms with E-state index in [0.29, 0.717) is 29.2 Å². The molecule has 3 aliphatic rings. The monoisotopic (exact) mass is 421 g/mol. The first-order valence-electron chi connectivity index (χ1n) is 9.69. The summed E-state index contributed by atoms with van der Waals surface area (Å²) in [6.07, 6.45) is 4.38. The standard InChI is InChI=1S/C20H24ClN3O3S/c1-3-4-8-24-17(25)15-14(7-9-28-2)23-20(16(15)18(24)26)12-10-11(21)5-6-13(12)22-19(20)27/h5-6,10,14-16,23H,3-4,7-9H2,1-2H3,(H,22,27)/t14-,15-,16+,20+/m1/s1. The van der Waals surface area contributed by atoms with E-state index in [2.05, 4.69) is 10.6 Å². The molecule has 0 aromatic heterocycles. The van der Waals surface area contributed by atoms with Crippen molar-refractivity contribution in [2.75, 3.05) is 23.9 Å². The van der Waals surface area contributed by atoms with Gasteiger partial charge >= 0.3 is 0 Å². The van der Waals surface area contributed by atoms with E-state index >= 15 is 0 Å². The van der Waals surface area contributed by atoms with Crippen molar-refractivity contribution in [3.05, 3.63) is 28.8 Å². The lowest BCUT2D eigenvalue weighted by atomic mass is 9.76. The Morgan fingerprint density at radius 1 is 1.25 bits per heavy atom. The van der Waals surface area contributed by atoms with Crippen LogP contribution in [0.25, 0.3) is 0 Å². The highest BCUT2D eigenvalue weighted by molar-refractivity contribution is 7.98. The second-order valence-corrected chi connectivity index (χ2v) is 9.09. The summed E-state index contributed by atoms with van der Waals surface area (Å²) in [4.78, 5) is 41.1. The fourth-order valence-electron chi connectivity index (χ4n) is 4.86. The second-order valence-electron chi connectivity index (χ2n) is 7.67. The van der Waals surface area contributed by atoms with Crippen LogP contribution in [0.3, 0.4) is 0 Å². The minimum absolute atomic E-state index is 0.151. The molecule has 1 aromatic rings. The number of hydrogen-bond donors (Lipinski definition) is 2. The minimum atomic E-state index is -1.23. The first kappa shape index (κ1) is 19.7. The number of imide groups is 1. The van der Waals surface area contributed by atoms with Crippen LogP contribution in [-0.4, -0.2) is 47.2 Å². The first-order chi connectivity index (χ1) is 13.5. The van der Waals surface area contributed by atoms with Gasteiger partial charge in [0.25, 0.3) is 0 Å². The zero-order chi connectivity index (χ0) is 20.1. The Hall–Kier alpha value is -1.57. The van der Waals surface area contributed by atoms with E-state index in [1.54, 1.807) is 30.0 Å². The van der Waals surface area contributed by atoms with Crippen LogP contribution in [0.15, 0.2) is 18.2 Å². The number of thioether (sulfide) groups is 1. The van der Waals surface area contributed by atoms with Crippen LogP contribution in [0.1, 0.15) is 31.7 Å². The maximum absolute atomic E-state index is 13.4. The van der Waals surface area contributed by atoms with Gasteiger partial charge in [-0.05, 0) is 43.0 Å². The zero-order valence-corrected chi connectivity index (χ0v) is 17.5. The highest BCUT2D eigenvalue weighted by atomic mass is 35.5. The molecule has 0 bridgehead atoms. The second kappa shape index (κ2) is 7.35. The molecule has 6 nitrogen and oxygen atoms in total. The Balaban J connectivity index is 1.81. The van der Waals surface area contributed by atoms with Crippen LogP contribution >= 0.6 is 23.4 Å². The molecular formula is C20H24ClN3O3S. The summed E-state index contributed by atoms with van der Waals surface area (Å²) in [5, 5.41) is 6.81. The number of carbonyl (C=O) groups excluding carboxylic acids is 3. The lowest BCUT2D eigenvalue weighted by Crippen LogP contribution is -2.53. The third-order valence-electron chi connectivity index (χ3n) is 6.14. The highest BCUT2D eigenvalue weighted by Crippen LogP contribution is 2.53. The van der Waals surface area contributed by atoms with Gasteiger partial charge in [-0.3, -0.25) is 24.6 Å². The van der Waals surface area contributed by atoms with Gasteiger partial charge in [0.2, 0.25) is 17.7 Å². The minimum Gasteiger partial charge on any atom is -0.324 e. The third kappa shape index (κ3) is 2.70. The number of nitrogens with zero attached hydrogens (tertiary/aromatic N) is 1. The van der Waals surface area contributed by atoms with Crippen molar-refractivity contribution in [2.45, 2.75) is 37.8 Å². The maximum Gasteiger partial charge on any atom is 0.250 e. The molecule has 3 heterocycles. The fraction of sp³-hybridized carbons (Fsp3) is 0.550. The average Bonchev–Trinajstić information content (AvgIpc) is 3.24. The van der Waals surface area contributed by atoms with Gasteiger partial charge in [0.15, 0.2) is 0 Å². The molecule has 3 amide bonds. The predicted octanol–water partition coefficient (Wildman–Crippen LogP) is 2.61. The maximum atomic E-state index is 13.4. The van der Waals surface area contributed by atoms with E-state index in [1.165, 1.54) is 4.90 Å². The lowest BCUT2D eigenvalue weighted by molar-refractivity contribution is -0.142. The molecule has 0 saturated carbocycles. The van der Waals surface area contributed by atoms with E-state index in [-0.39, 0.29) is 23.8 Å². The summed E-state index contributed by atoms with van der Waals surface area (Å²) in [5.74, 6) is -1.08. The van der Waals surface area contributed by atoms with Crippen molar-refractivity contribution in [1.29, 1.82) is 0 Å². The Bertz CT molecular complexity index is 848. The Morgan fingerprint density at radius 3 is 2.75 bits per heavy atom. The molecule has 0 aliphatic carbocycles. The number of carbonyl (C=O) groups is 3. The average molecular weight is 422 g/mol. The highest BCUT2D eigenvalue weighted by Gasteiger charge is 2.70. The molecule has 0 unspecified atom stereocenters. The van der Waals surface area contributed by atoms with Crippen LogP contribution in [0.5, 0.6) is 0 Å². The number of rotatable bonds is 6. The normalized spacial score (nSPS) is 30.9. The van der Waals surface area contributed by atoms with Crippen LogP contribution in [0.4, 0.5) is 5.69 Å². The topological polar surface area (TPSA) is 78.5 Å². The summed E-state index contributed by atoms with van der Waals surface area (Å²) >= 11 is 7.91. The molecule has 1 spiro atoms. The molecular weight excluding hydrogens is 398 g/mol. The molecule has 0 radical (unpaired) electrons.